The van der Waals surface area contributed by atoms with Gasteiger partial charge in [-0.05, 0) is 43.0 Å². The lowest BCUT2D eigenvalue weighted by molar-refractivity contribution is 0.820. The van der Waals surface area contributed by atoms with Gasteiger partial charge >= 0.3 is 0 Å². The number of hydrogen-bond acceptors (Lipinski definition) is 1. The van der Waals surface area contributed by atoms with Crippen molar-refractivity contribution in [1.29, 1.82) is 0 Å². The van der Waals surface area contributed by atoms with E-state index in [0.717, 1.165) is 0 Å². The molecule has 1 atom stereocenters. The monoisotopic (exact) mass is 174 g/mol. The second kappa shape index (κ2) is 2.89. The normalized spacial score (nSPS) is 13.5. The lowest BCUT2D eigenvalue weighted by Gasteiger charge is -2.04. The van der Waals surface area contributed by atoms with Crippen LogP contribution in [0.15, 0.2) is 24.3 Å². The van der Waals surface area contributed by atoms with Crippen LogP contribution in [0.2, 0.25) is 0 Å². The molecular weight excluding hydrogens is 160 g/mol. The number of H-pyrrole nitrogens is 1. The minimum absolute atomic E-state index is 0.111. The van der Waals surface area contributed by atoms with Gasteiger partial charge in [-0.1, -0.05) is 6.07 Å². The number of aromatic nitrogens is 1. The molecule has 0 amide bonds. The van der Waals surface area contributed by atoms with E-state index in [4.69, 9.17) is 5.73 Å². The number of nitrogens with one attached hydrogen (secondary N) is 1. The largest absolute Gasteiger partial charge is 0.359 e. The summed E-state index contributed by atoms with van der Waals surface area (Å²) >= 11 is 0. The lowest BCUT2D eigenvalue weighted by atomic mass is 10.1. The van der Waals surface area contributed by atoms with Crippen molar-refractivity contribution < 1.29 is 0 Å². The molecule has 0 fully saturated rings. The minimum atomic E-state index is 0.111. The zero-order valence-corrected chi connectivity index (χ0v) is 7.96. The Morgan fingerprint density at radius 1 is 1.31 bits per heavy atom. The molecular formula is C11H14N2. The van der Waals surface area contributed by atoms with Gasteiger partial charge in [-0.15, -0.1) is 0 Å². The first-order chi connectivity index (χ1) is 6.16. The number of rotatable bonds is 1. The summed E-state index contributed by atoms with van der Waals surface area (Å²) in [6, 6.07) is 8.55. The van der Waals surface area contributed by atoms with E-state index < -0.39 is 0 Å². The Labute approximate surface area is 77.8 Å². The van der Waals surface area contributed by atoms with Gasteiger partial charge in [-0.25, -0.2) is 0 Å². The summed E-state index contributed by atoms with van der Waals surface area (Å²) in [5.74, 6) is 0. The maximum Gasteiger partial charge on any atom is 0.0456 e. The van der Waals surface area contributed by atoms with Gasteiger partial charge in [0, 0.05) is 17.3 Å². The van der Waals surface area contributed by atoms with Crippen molar-refractivity contribution >= 4 is 10.9 Å². The van der Waals surface area contributed by atoms with E-state index in [9.17, 15) is 0 Å². The molecule has 0 aliphatic heterocycles. The molecule has 1 aromatic carbocycles. The Morgan fingerprint density at radius 3 is 2.77 bits per heavy atom. The SMILES string of the molecule is Cc1cc2cc([C@H](C)N)ccc2[nH]1. The van der Waals surface area contributed by atoms with Crippen molar-refractivity contribution in [2.45, 2.75) is 19.9 Å². The summed E-state index contributed by atoms with van der Waals surface area (Å²) < 4.78 is 0. The van der Waals surface area contributed by atoms with Crippen LogP contribution in [0.3, 0.4) is 0 Å². The predicted octanol–water partition coefficient (Wildman–Crippen LogP) is 2.50. The third-order valence-corrected chi connectivity index (χ3v) is 2.31. The summed E-state index contributed by atoms with van der Waals surface area (Å²) in [7, 11) is 0. The molecule has 2 nitrogen and oxygen atoms in total. The molecule has 3 N–H and O–H groups in total. The molecule has 0 aliphatic carbocycles. The maximum absolute atomic E-state index is 5.80. The van der Waals surface area contributed by atoms with E-state index in [2.05, 4.69) is 36.2 Å². The predicted molar refractivity (Wildman–Crippen MR) is 55.6 cm³/mol. The highest BCUT2D eigenvalue weighted by atomic mass is 14.7. The molecule has 0 bridgehead atoms. The van der Waals surface area contributed by atoms with Gasteiger partial charge in [0.15, 0.2) is 0 Å². The molecule has 13 heavy (non-hydrogen) atoms. The summed E-state index contributed by atoms with van der Waals surface area (Å²) in [5, 5.41) is 1.24. The highest BCUT2D eigenvalue weighted by molar-refractivity contribution is 5.81. The fourth-order valence-electron chi connectivity index (χ4n) is 1.58. The molecule has 1 heterocycles. The fraction of sp³-hybridized carbons (Fsp3) is 0.273. The third kappa shape index (κ3) is 1.45. The topological polar surface area (TPSA) is 41.8 Å². The van der Waals surface area contributed by atoms with E-state index in [1.807, 2.05) is 6.92 Å². The summed E-state index contributed by atoms with van der Waals surface area (Å²) in [6.07, 6.45) is 0. The molecule has 1 aromatic heterocycles. The summed E-state index contributed by atoms with van der Waals surface area (Å²) in [4.78, 5) is 3.28. The molecule has 0 saturated heterocycles. The molecule has 0 aliphatic rings. The van der Waals surface area contributed by atoms with Crippen LogP contribution in [0.5, 0.6) is 0 Å². The molecule has 2 rings (SSSR count). The Hall–Kier alpha value is -1.28. The van der Waals surface area contributed by atoms with Crippen LogP contribution < -0.4 is 5.73 Å². The Kier molecular flexibility index (Phi) is 1.85. The van der Waals surface area contributed by atoms with E-state index in [1.165, 1.54) is 22.2 Å². The van der Waals surface area contributed by atoms with Crippen LogP contribution in [0.4, 0.5) is 0 Å². The van der Waals surface area contributed by atoms with E-state index in [1.54, 1.807) is 0 Å². The van der Waals surface area contributed by atoms with Crippen LogP contribution in [0, 0.1) is 6.92 Å². The van der Waals surface area contributed by atoms with E-state index >= 15 is 0 Å². The van der Waals surface area contributed by atoms with Crippen LogP contribution in [0.25, 0.3) is 10.9 Å². The van der Waals surface area contributed by atoms with E-state index in [-0.39, 0.29) is 6.04 Å². The molecule has 0 unspecified atom stereocenters. The van der Waals surface area contributed by atoms with Crippen molar-refractivity contribution in [3.8, 4) is 0 Å². The number of nitrogens with two attached hydrogens (primary N) is 1. The smallest absolute Gasteiger partial charge is 0.0456 e. The molecule has 0 spiro atoms. The number of aromatic amines is 1. The standard InChI is InChI=1S/C11H14N2/c1-7-5-10-6-9(8(2)12)3-4-11(10)13-7/h3-6,8,13H,12H2,1-2H3/t8-/m0/s1. The van der Waals surface area contributed by atoms with Crippen LogP contribution in [-0.4, -0.2) is 4.98 Å². The van der Waals surface area contributed by atoms with Crippen molar-refractivity contribution in [3.05, 3.63) is 35.5 Å². The quantitative estimate of drug-likeness (QED) is 0.685. The number of aryl methyl sites for hydroxylation is 1. The average Bonchev–Trinajstić information content (AvgIpc) is 2.42. The number of hydrogen-bond donors (Lipinski definition) is 2. The summed E-state index contributed by atoms with van der Waals surface area (Å²) in [6.45, 7) is 4.06. The summed E-state index contributed by atoms with van der Waals surface area (Å²) in [5.41, 5.74) is 9.36. The van der Waals surface area contributed by atoms with Gasteiger partial charge in [0.1, 0.15) is 0 Å². The van der Waals surface area contributed by atoms with Crippen molar-refractivity contribution in [3.63, 3.8) is 0 Å². The average molecular weight is 174 g/mol. The Bertz CT molecular complexity index is 427. The van der Waals surface area contributed by atoms with Crippen LogP contribution >= 0.6 is 0 Å². The Balaban J connectivity index is 2.61. The molecule has 0 radical (unpaired) electrons. The molecule has 2 heteroatoms. The maximum atomic E-state index is 5.80. The zero-order chi connectivity index (χ0) is 9.42. The second-order valence-electron chi connectivity index (χ2n) is 3.59. The zero-order valence-electron chi connectivity index (χ0n) is 7.96. The van der Waals surface area contributed by atoms with Gasteiger partial charge in [0.2, 0.25) is 0 Å². The first-order valence-corrected chi connectivity index (χ1v) is 4.51. The van der Waals surface area contributed by atoms with Crippen LogP contribution in [0.1, 0.15) is 24.2 Å². The first kappa shape index (κ1) is 8.32. The van der Waals surface area contributed by atoms with Crippen molar-refractivity contribution in [2.75, 3.05) is 0 Å². The minimum Gasteiger partial charge on any atom is -0.359 e. The van der Waals surface area contributed by atoms with Crippen LogP contribution in [-0.2, 0) is 0 Å². The highest BCUT2D eigenvalue weighted by Gasteiger charge is 2.01. The lowest BCUT2D eigenvalue weighted by Crippen LogP contribution is -2.04. The molecule has 0 saturated carbocycles. The third-order valence-electron chi connectivity index (χ3n) is 2.31. The van der Waals surface area contributed by atoms with Crippen molar-refractivity contribution in [1.82, 2.24) is 4.98 Å². The number of benzene rings is 1. The second-order valence-corrected chi connectivity index (χ2v) is 3.59. The first-order valence-electron chi connectivity index (χ1n) is 4.51. The molecule has 68 valence electrons. The van der Waals surface area contributed by atoms with Gasteiger partial charge in [0.05, 0.1) is 0 Å². The van der Waals surface area contributed by atoms with E-state index in [0.29, 0.717) is 0 Å². The van der Waals surface area contributed by atoms with Crippen molar-refractivity contribution in [2.24, 2.45) is 5.73 Å². The van der Waals surface area contributed by atoms with Gasteiger partial charge in [0.25, 0.3) is 0 Å². The highest BCUT2D eigenvalue weighted by Crippen LogP contribution is 2.19. The number of fused-ring (bicyclic) bond motifs is 1. The van der Waals surface area contributed by atoms with Gasteiger partial charge < -0.3 is 10.7 Å². The van der Waals surface area contributed by atoms with Gasteiger partial charge in [-0.2, -0.15) is 0 Å². The molecule has 2 aromatic rings. The fourth-order valence-corrected chi connectivity index (χ4v) is 1.58. The van der Waals surface area contributed by atoms with Gasteiger partial charge in [-0.3, -0.25) is 0 Å². The Morgan fingerprint density at radius 2 is 2.08 bits per heavy atom.